The van der Waals surface area contributed by atoms with Gasteiger partial charge in [-0.2, -0.15) is 0 Å². The number of benzene rings is 1. The van der Waals surface area contributed by atoms with E-state index in [1.54, 1.807) is 29.8 Å². The van der Waals surface area contributed by atoms with Crippen molar-refractivity contribution in [3.8, 4) is 0 Å². The van der Waals surface area contributed by atoms with Gasteiger partial charge in [0.2, 0.25) is 15.8 Å². The van der Waals surface area contributed by atoms with Crippen LogP contribution in [-0.2, 0) is 27.7 Å². The maximum absolute atomic E-state index is 11.7. The number of hydrogen-bond acceptors (Lipinski definition) is 5. The molecule has 2 rings (SSSR count). The van der Waals surface area contributed by atoms with Crippen molar-refractivity contribution in [1.29, 1.82) is 0 Å². The highest BCUT2D eigenvalue weighted by Gasteiger charge is 2.13. The third-order valence-corrected chi connectivity index (χ3v) is 4.00. The minimum Gasteiger partial charge on any atom is -0.460 e. The van der Waals surface area contributed by atoms with Crippen LogP contribution in [0, 0.1) is 0 Å². The minimum absolute atomic E-state index is 0.0751. The van der Waals surface area contributed by atoms with Gasteiger partial charge in [-0.3, -0.25) is 0 Å². The zero-order valence-corrected chi connectivity index (χ0v) is 12.9. The number of esters is 1. The van der Waals surface area contributed by atoms with E-state index >= 15 is 0 Å². The molecule has 7 nitrogen and oxygen atoms in total. The molecule has 2 aromatic rings. The number of sulfonamides is 1. The fourth-order valence-electron chi connectivity index (χ4n) is 1.97. The van der Waals surface area contributed by atoms with Gasteiger partial charge in [0.1, 0.15) is 0 Å². The van der Waals surface area contributed by atoms with Gasteiger partial charge in [-0.1, -0.05) is 12.1 Å². The molecule has 118 valence electrons. The number of hydrogen-bond donors (Lipinski definition) is 1. The van der Waals surface area contributed by atoms with Crippen LogP contribution < -0.4 is 5.14 Å². The molecule has 0 aliphatic rings. The van der Waals surface area contributed by atoms with Gasteiger partial charge in [0.25, 0.3) is 0 Å². The van der Waals surface area contributed by atoms with Crippen LogP contribution in [0.5, 0.6) is 0 Å². The summed E-state index contributed by atoms with van der Waals surface area (Å²) < 4.78 is 29.0. The summed E-state index contributed by atoms with van der Waals surface area (Å²) in [5.74, 6) is -0.208. The summed E-state index contributed by atoms with van der Waals surface area (Å²) in [6, 6.07) is 6.32. The van der Waals surface area contributed by atoms with E-state index in [1.165, 1.54) is 18.3 Å². The number of imidazole rings is 1. The molecule has 0 aliphatic carbocycles. The summed E-state index contributed by atoms with van der Waals surface area (Å²) in [6.45, 7) is 2.56. The molecule has 1 aromatic carbocycles. The summed E-state index contributed by atoms with van der Waals surface area (Å²) in [6.07, 6.45) is 3.86. The van der Waals surface area contributed by atoms with Gasteiger partial charge in [-0.15, -0.1) is 0 Å². The monoisotopic (exact) mass is 323 g/mol. The molecule has 2 N–H and O–H groups in total. The van der Waals surface area contributed by atoms with Gasteiger partial charge < -0.3 is 9.30 Å². The average molecular weight is 323 g/mol. The van der Waals surface area contributed by atoms with Gasteiger partial charge in [-0.25, -0.2) is 23.3 Å². The van der Waals surface area contributed by atoms with E-state index in [0.29, 0.717) is 19.6 Å². The fourth-order valence-corrected chi connectivity index (χ4v) is 2.49. The van der Waals surface area contributed by atoms with E-state index in [4.69, 9.17) is 9.88 Å². The Morgan fingerprint density at radius 2 is 2.00 bits per heavy atom. The van der Waals surface area contributed by atoms with E-state index in [0.717, 1.165) is 5.56 Å². The molecule has 1 aromatic heterocycles. The SMILES string of the molecule is CCOC(=O)c1nccn1CCc1ccc(S(N)(=O)=O)cc1. The standard InChI is InChI=1S/C14H17N3O4S/c1-2-21-14(18)13-16-8-10-17(13)9-7-11-3-5-12(6-4-11)22(15,19)20/h3-6,8,10H,2,7,9H2,1H3,(H2,15,19,20). The minimum atomic E-state index is -3.68. The number of nitrogens with zero attached hydrogens (tertiary/aromatic N) is 2. The first kappa shape index (κ1) is 16.2. The summed E-state index contributed by atoms with van der Waals surface area (Å²) >= 11 is 0. The largest absolute Gasteiger partial charge is 0.460 e. The number of rotatable bonds is 6. The maximum Gasteiger partial charge on any atom is 0.374 e. The summed E-state index contributed by atoms with van der Waals surface area (Å²) in [7, 11) is -3.68. The molecule has 0 unspecified atom stereocenters. The Balaban J connectivity index is 2.05. The Hall–Kier alpha value is -2.19. The van der Waals surface area contributed by atoms with Crippen LogP contribution in [0.2, 0.25) is 0 Å². The van der Waals surface area contributed by atoms with Crippen LogP contribution in [0.25, 0.3) is 0 Å². The van der Waals surface area contributed by atoms with Gasteiger partial charge in [0, 0.05) is 18.9 Å². The van der Waals surface area contributed by atoms with Gasteiger partial charge >= 0.3 is 5.97 Å². The summed E-state index contributed by atoms with van der Waals surface area (Å²) in [5, 5.41) is 5.05. The number of carbonyl (C=O) groups excluding carboxylic acids is 1. The van der Waals surface area contributed by atoms with Crippen LogP contribution >= 0.6 is 0 Å². The van der Waals surface area contributed by atoms with Crippen molar-refractivity contribution < 1.29 is 17.9 Å². The summed E-state index contributed by atoms with van der Waals surface area (Å²) in [4.78, 5) is 15.8. The van der Waals surface area contributed by atoms with Crippen molar-refractivity contribution in [3.63, 3.8) is 0 Å². The number of aromatic nitrogens is 2. The number of nitrogens with two attached hydrogens (primary N) is 1. The molecule has 0 atom stereocenters. The molecule has 1 heterocycles. The van der Waals surface area contributed by atoms with E-state index in [-0.39, 0.29) is 10.7 Å². The molecule has 0 saturated heterocycles. The Labute approximate surface area is 128 Å². The smallest absolute Gasteiger partial charge is 0.374 e. The molecular formula is C14H17N3O4S. The number of aryl methyl sites for hydroxylation is 2. The molecule has 0 spiro atoms. The second-order valence-corrected chi connectivity index (χ2v) is 6.17. The highest BCUT2D eigenvalue weighted by molar-refractivity contribution is 7.89. The molecule has 22 heavy (non-hydrogen) atoms. The van der Waals surface area contributed by atoms with Crippen molar-refractivity contribution in [2.24, 2.45) is 5.14 Å². The van der Waals surface area contributed by atoms with Crippen molar-refractivity contribution in [2.75, 3.05) is 6.61 Å². The lowest BCUT2D eigenvalue weighted by molar-refractivity contribution is 0.0506. The van der Waals surface area contributed by atoms with Crippen LogP contribution in [-0.4, -0.2) is 30.5 Å². The summed E-state index contributed by atoms with van der Waals surface area (Å²) in [5.41, 5.74) is 0.927. The zero-order valence-electron chi connectivity index (χ0n) is 12.1. The number of primary sulfonamides is 1. The zero-order chi connectivity index (χ0) is 16.2. The first-order valence-corrected chi connectivity index (χ1v) is 8.26. The van der Waals surface area contributed by atoms with Crippen molar-refractivity contribution in [2.45, 2.75) is 24.8 Å². The third-order valence-electron chi connectivity index (χ3n) is 3.07. The topological polar surface area (TPSA) is 104 Å². The molecule has 0 aliphatic heterocycles. The molecular weight excluding hydrogens is 306 g/mol. The van der Waals surface area contributed by atoms with Crippen molar-refractivity contribution in [1.82, 2.24) is 9.55 Å². The quantitative estimate of drug-likeness (QED) is 0.797. The first-order chi connectivity index (χ1) is 10.4. The Morgan fingerprint density at radius 3 is 2.59 bits per heavy atom. The van der Waals surface area contributed by atoms with Crippen LogP contribution in [0.3, 0.4) is 0 Å². The lowest BCUT2D eigenvalue weighted by atomic mass is 10.1. The molecule has 8 heteroatoms. The van der Waals surface area contributed by atoms with Crippen LogP contribution in [0.15, 0.2) is 41.6 Å². The van der Waals surface area contributed by atoms with Crippen molar-refractivity contribution in [3.05, 3.63) is 48.0 Å². The van der Waals surface area contributed by atoms with Crippen molar-refractivity contribution >= 4 is 16.0 Å². The molecule has 0 radical (unpaired) electrons. The highest BCUT2D eigenvalue weighted by atomic mass is 32.2. The van der Waals surface area contributed by atoms with E-state index in [9.17, 15) is 13.2 Å². The molecule has 0 bridgehead atoms. The predicted molar refractivity (Wildman–Crippen MR) is 79.7 cm³/mol. The molecule has 0 fully saturated rings. The highest BCUT2D eigenvalue weighted by Crippen LogP contribution is 2.10. The Bertz CT molecular complexity index is 751. The van der Waals surface area contributed by atoms with Gasteiger partial charge in [0.05, 0.1) is 11.5 Å². The van der Waals surface area contributed by atoms with Crippen LogP contribution in [0.1, 0.15) is 23.1 Å². The Kier molecular flexibility index (Phi) is 4.94. The maximum atomic E-state index is 11.7. The second-order valence-electron chi connectivity index (χ2n) is 4.60. The van der Waals surface area contributed by atoms with Gasteiger partial charge in [0.15, 0.2) is 0 Å². The van der Waals surface area contributed by atoms with Crippen LogP contribution in [0.4, 0.5) is 0 Å². The predicted octanol–water partition coefficient (Wildman–Crippen LogP) is 0.950. The Morgan fingerprint density at radius 1 is 1.32 bits per heavy atom. The lowest BCUT2D eigenvalue weighted by Crippen LogP contribution is -2.14. The lowest BCUT2D eigenvalue weighted by Gasteiger charge is -2.07. The van der Waals surface area contributed by atoms with E-state index in [2.05, 4.69) is 4.98 Å². The number of ether oxygens (including phenoxy) is 1. The first-order valence-electron chi connectivity index (χ1n) is 6.72. The normalized spacial score (nSPS) is 11.4. The average Bonchev–Trinajstić information content (AvgIpc) is 2.93. The van der Waals surface area contributed by atoms with E-state index < -0.39 is 16.0 Å². The molecule has 0 saturated carbocycles. The van der Waals surface area contributed by atoms with Gasteiger partial charge in [-0.05, 0) is 31.0 Å². The van der Waals surface area contributed by atoms with E-state index in [1.807, 2.05) is 0 Å². The fraction of sp³-hybridized carbons (Fsp3) is 0.286. The second kappa shape index (κ2) is 6.71. The number of carbonyl (C=O) groups is 1. The molecule has 0 amide bonds. The third kappa shape index (κ3) is 3.92.